The van der Waals surface area contributed by atoms with E-state index in [-0.39, 0.29) is 0 Å². The van der Waals surface area contributed by atoms with Crippen molar-refractivity contribution in [1.82, 2.24) is 10.3 Å². The molecular formula is C12H19N3S. The number of fused-ring (bicyclic) bond motifs is 1. The van der Waals surface area contributed by atoms with Crippen molar-refractivity contribution in [3.63, 3.8) is 0 Å². The van der Waals surface area contributed by atoms with E-state index < -0.39 is 0 Å². The molecule has 3 nitrogen and oxygen atoms in total. The van der Waals surface area contributed by atoms with Crippen molar-refractivity contribution < 1.29 is 0 Å². The van der Waals surface area contributed by atoms with Crippen LogP contribution in [0.5, 0.6) is 0 Å². The van der Waals surface area contributed by atoms with Crippen molar-refractivity contribution in [3.8, 4) is 0 Å². The normalized spacial score (nSPS) is 21.6. The number of rotatable bonds is 1. The van der Waals surface area contributed by atoms with Gasteiger partial charge in [-0.2, -0.15) is 0 Å². The van der Waals surface area contributed by atoms with Crippen LogP contribution < -0.4 is 10.2 Å². The highest BCUT2D eigenvalue weighted by atomic mass is 32.1. The van der Waals surface area contributed by atoms with Gasteiger partial charge in [0.05, 0.1) is 5.69 Å². The predicted molar refractivity (Wildman–Crippen MR) is 68.5 cm³/mol. The van der Waals surface area contributed by atoms with E-state index in [4.69, 9.17) is 4.98 Å². The van der Waals surface area contributed by atoms with Gasteiger partial charge >= 0.3 is 0 Å². The molecule has 2 heterocycles. The number of anilines is 1. The summed E-state index contributed by atoms with van der Waals surface area (Å²) in [6, 6.07) is 0. The maximum Gasteiger partial charge on any atom is 0.185 e. The minimum absolute atomic E-state index is 1.10. The van der Waals surface area contributed by atoms with Crippen LogP contribution in [0.1, 0.15) is 29.8 Å². The molecule has 0 atom stereocenters. The number of hydrogen-bond acceptors (Lipinski definition) is 4. The molecule has 4 heteroatoms. The minimum atomic E-state index is 1.10. The summed E-state index contributed by atoms with van der Waals surface area (Å²) in [6.45, 7) is 4.54. The Morgan fingerprint density at radius 2 is 2.00 bits per heavy atom. The molecule has 1 aromatic rings. The molecule has 0 aromatic carbocycles. The number of hydrogen-bond donors (Lipinski definition) is 1. The maximum atomic E-state index is 4.83. The van der Waals surface area contributed by atoms with Crippen molar-refractivity contribution in [2.75, 3.05) is 31.1 Å². The zero-order valence-electron chi connectivity index (χ0n) is 9.67. The molecule has 1 N–H and O–H groups in total. The van der Waals surface area contributed by atoms with E-state index in [9.17, 15) is 0 Å². The third-order valence-corrected chi connectivity index (χ3v) is 4.66. The Morgan fingerprint density at radius 3 is 2.94 bits per heavy atom. The largest absolute Gasteiger partial charge is 0.347 e. The fraction of sp³-hybridized carbons (Fsp3) is 0.750. The zero-order valence-corrected chi connectivity index (χ0v) is 10.5. The van der Waals surface area contributed by atoms with Gasteiger partial charge < -0.3 is 10.2 Å². The Balaban J connectivity index is 1.79. The summed E-state index contributed by atoms with van der Waals surface area (Å²) in [5.74, 6) is 0. The standard InChI is InChI=1S/C12H19N3S/c1-2-5-11-10(4-1)14-12(16-11)15-8-3-6-13-7-9-15/h13H,1-9H2. The molecule has 2 aliphatic rings. The number of nitrogens with one attached hydrogen (secondary N) is 1. The third-order valence-electron chi connectivity index (χ3n) is 3.44. The summed E-state index contributed by atoms with van der Waals surface area (Å²) >= 11 is 1.94. The van der Waals surface area contributed by atoms with Crippen LogP contribution in [0.3, 0.4) is 0 Å². The molecule has 0 unspecified atom stereocenters. The van der Waals surface area contributed by atoms with Gasteiger partial charge in [0.25, 0.3) is 0 Å². The summed E-state index contributed by atoms with van der Waals surface area (Å²) < 4.78 is 0. The molecule has 1 aromatic heterocycles. The van der Waals surface area contributed by atoms with Crippen molar-refractivity contribution in [3.05, 3.63) is 10.6 Å². The zero-order chi connectivity index (χ0) is 10.8. The van der Waals surface area contributed by atoms with Crippen LogP contribution >= 0.6 is 11.3 Å². The minimum Gasteiger partial charge on any atom is -0.347 e. The lowest BCUT2D eigenvalue weighted by Crippen LogP contribution is -2.27. The lowest BCUT2D eigenvalue weighted by Gasteiger charge is -2.18. The molecule has 1 saturated heterocycles. The topological polar surface area (TPSA) is 28.2 Å². The Hall–Kier alpha value is -0.610. The second-order valence-electron chi connectivity index (χ2n) is 4.66. The molecular weight excluding hydrogens is 218 g/mol. The van der Waals surface area contributed by atoms with Crippen LogP contribution in [0.15, 0.2) is 0 Å². The Labute approximate surface area is 101 Å². The van der Waals surface area contributed by atoms with Crippen molar-refractivity contribution >= 4 is 16.5 Å². The summed E-state index contributed by atoms with van der Waals surface area (Å²) in [5.41, 5.74) is 1.39. The van der Waals surface area contributed by atoms with Gasteiger partial charge in [0.2, 0.25) is 0 Å². The third kappa shape index (κ3) is 2.09. The molecule has 1 aliphatic heterocycles. The number of aromatic nitrogens is 1. The van der Waals surface area contributed by atoms with E-state index in [0.29, 0.717) is 0 Å². The molecule has 0 amide bonds. The van der Waals surface area contributed by atoms with E-state index in [1.165, 1.54) is 49.5 Å². The summed E-state index contributed by atoms with van der Waals surface area (Å²) in [4.78, 5) is 8.85. The van der Waals surface area contributed by atoms with Crippen LogP contribution in [0.25, 0.3) is 0 Å². The van der Waals surface area contributed by atoms with Gasteiger partial charge in [0, 0.05) is 24.5 Å². The average molecular weight is 237 g/mol. The first-order valence-electron chi connectivity index (χ1n) is 6.38. The molecule has 1 fully saturated rings. The molecule has 16 heavy (non-hydrogen) atoms. The average Bonchev–Trinajstić information content (AvgIpc) is 2.56. The van der Waals surface area contributed by atoms with Crippen LogP contribution in [0.4, 0.5) is 5.13 Å². The van der Waals surface area contributed by atoms with Crippen LogP contribution in [0.2, 0.25) is 0 Å². The monoisotopic (exact) mass is 237 g/mol. The highest BCUT2D eigenvalue weighted by Gasteiger charge is 2.19. The fourth-order valence-electron chi connectivity index (χ4n) is 2.51. The molecule has 1 aliphatic carbocycles. The molecule has 0 radical (unpaired) electrons. The van der Waals surface area contributed by atoms with Crippen LogP contribution in [-0.4, -0.2) is 31.2 Å². The molecule has 3 rings (SSSR count). The van der Waals surface area contributed by atoms with Gasteiger partial charge in [0.15, 0.2) is 5.13 Å². The highest BCUT2D eigenvalue weighted by molar-refractivity contribution is 7.15. The first-order valence-corrected chi connectivity index (χ1v) is 7.19. The van der Waals surface area contributed by atoms with Gasteiger partial charge in [-0.25, -0.2) is 4.98 Å². The SMILES string of the molecule is C1CCc2sc(N3CCCNCC3)nc2C1. The molecule has 0 saturated carbocycles. The van der Waals surface area contributed by atoms with Gasteiger partial charge in [-0.05, 0) is 38.6 Å². The molecule has 0 spiro atoms. The number of thiazole rings is 1. The Morgan fingerprint density at radius 1 is 1.06 bits per heavy atom. The number of nitrogens with zero attached hydrogens (tertiary/aromatic N) is 2. The lowest BCUT2D eigenvalue weighted by atomic mass is 10.0. The maximum absolute atomic E-state index is 4.83. The quantitative estimate of drug-likeness (QED) is 0.807. The Kier molecular flexibility index (Phi) is 3.11. The predicted octanol–water partition coefficient (Wildman–Crippen LogP) is 1.82. The fourth-order valence-corrected chi connectivity index (χ4v) is 3.71. The molecule has 88 valence electrons. The van der Waals surface area contributed by atoms with E-state index >= 15 is 0 Å². The van der Waals surface area contributed by atoms with E-state index in [1.54, 1.807) is 4.88 Å². The van der Waals surface area contributed by atoms with E-state index in [1.807, 2.05) is 11.3 Å². The van der Waals surface area contributed by atoms with Gasteiger partial charge in [-0.1, -0.05) is 0 Å². The van der Waals surface area contributed by atoms with Crippen molar-refractivity contribution in [2.45, 2.75) is 32.1 Å². The van der Waals surface area contributed by atoms with Crippen LogP contribution in [-0.2, 0) is 12.8 Å². The highest BCUT2D eigenvalue weighted by Crippen LogP contribution is 2.31. The van der Waals surface area contributed by atoms with Gasteiger partial charge in [-0.15, -0.1) is 11.3 Å². The van der Waals surface area contributed by atoms with Crippen LogP contribution in [0, 0.1) is 0 Å². The van der Waals surface area contributed by atoms with E-state index in [2.05, 4.69) is 10.2 Å². The van der Waals surface area contributed by atoms with Crippen molar-refractivity contribution in [2.24, 2.45) is 0 Å². The summed E-state index contributed by atoms with van der Waals surface area (Å²) in [5, 5.41) is 4.72. The van der Waals surface area contributed by atoms with E-state index in [0.717, 1.165) is 19.6 Å². The number of aryl methyl sites for hydroxylation is 2. The first-order chi connectivity index (χ1) is 7.93. The summed E-state index contributed by atoms with van der Waals surface area (Å²) in [7, 11) is 0. The smallest absolute Gasteiger partial charge is 0.185 e. The Bertz CT molecular complexity index is 330. The van der Waals surface area contributed by atoms with Gasteiger partial charge in [0.1, 0.15) is 0 Å². The summed E-state index contributed by atoms with van der Waals surface area (Å²) in [6.07, 6.45) is 6.40. The molecule has 0 bridgehead atoms. The van der Waals surface area contributed by atoms with Crippen molar-refractivity contribution in [1.29, 1.82) is 0 Å². The van der Waals surface area contributed by atoms with Gasteiger partial charge in [-0.3, -0.25) is 0 Å². The second-order valence-corrected chi connectivity index (χ2v) is 5.73. The lowest BCUT2D eigenvalue weighted by molar-refractivity contribution is 0.681. The second kappa shape index (κ2) is 4.72. The first kappa shape index (κ1) is 10.5.